The lowest BCUT2D eigenvalue weighted by Gasteiger charge is -2.09. The molecule has 4 nitrogen and oxygen atoms in total. The van der Waals surface area contributed by atoms with Gasteiger partial charge in [0.15, 0.2) is 17.8 Å². The molecule has 0 saturated heterocycles. The Balaban J connectivity index is 2.47. The van der Waals surface area contributed by atoms with Gasteiger partial charge in [-0.3, -0.25) is 4.79 Å². The Hall–Kier alpha value is -2.36. The molecule has 0 aliphatic carbocycles. The minimum atomic E-state index is 0.405. The summed E-state index contributed by atoms with van der Waals surface area (Å²) >= 11 is 0. The zero-order chi connectivity index (χ0) is 13.0. The van der Waals surface area contributed by atoms with E-state index in [1.165, 1.54) is 0 Å². The van der Waals surface area contributed by atoms with Crippen LogP contribution in [0.25, 0.3) is 11.3 Å². The Labute approximate surface area is 105 Å². The van der Waals surface area contributed by atoms with Crippen molar-refractivity contribution in [3.63, 3.8) is 0 Å². The van der Waals surface area contributed by atoms with Crippen molar-refractivity contribution in [1.82, 2.24) is 4.98 Å². The zero-order valence-corrected chi connectivity index (χ0v) is 10.2. The van der Waals surface area contributed by atoms with Crippen molar-refractivity contribution >= 4 is 6.29 Å². The smallest absolute Gasteiger partial charge is 0.168 e. The minimum absolute atomic E-state index is 0.405. The van der Waals surface area contributed by atoms with Gasteiger partial charge in [-0.05, 0) is 30.3 Å². The summed E-state index contributed by atoms with van der Waals surface area (Å²) in [5.41, 5.74) is 2.00. The predicted octanol–water partition coefficient (Wildman–Crippen LogP) is 2.58. The maximum atomic E-state index is 10.7. The van der Waals surface area contributed by atoms with Crippen molar-refractivity contribution in [1.29, 1.82) is 0 Å². The van der Waals surface area contributed by atoms with Gasteiger partial charge in [-0.1, -0.05) is 6.07 Å². The third-order valence-electron chi connectivity index (χ3n) is 2.57. The fourth-order valence-electron chi connectivity index (χ4n) is 1.67. The van der Waals surface area contributed by atoms with Gasteiger partial charge in [-0.2, -0.15) is 0 Å². The first-order valence-corrected chi connectivity index (χ1v) is 5.43. The Bertz CT molecular complexity index is 567. The fourth-order valence-corrected chi connectivity index (χ4v) is 1.67. The molecule has 0 radical (unpaired) electrons. The lowest BCUT2D eigenvalue weighted by molar-refractivity contribution is 0.111. The van der Waals surface area contributed by atoms with Gasteiger partial charge in [-0.25, -0.2) is 4.98 Å². The summed E-state index contributed by atoms with van der Waals surface area (Å²) in [4.78, 5) is 14.9. The maximum absolute atomic E-state index is 10.7. The topological polar surface area (TPSA) is 48.4 Å². The molecule has 0 bridgehead atoms. The highest BCUT2D eigenvalue weighted by Crippen LogP contribution is 2.31. The third-order valence-corrected chi connectivity index (χ3v) is 2.57. The van der Waals surface area contributed by atoms with E-state index in [1.54, 1.807) is 26.4 Å². The van der Waals surface area contributed by atoms with Crippen molar-refractivity contribution in [2.75, 3.05) is 14.2 Å². The second-order valence-corrected chi connectivity index (χ2v) is 3.64. The molecular weight excluding hydrogens is 230 g/mol. The molecule has 92 valence electrons. The number of methoxy groups -OCH3 is 2. The molecule has 2 aromatic rings. The molecule has 0 aliphatic rings. The summed E-state index contributed by atoms with van der Waals surface area (Å²) in [6.07, 6.45) is 0.726. The average Bonchev–Trinajstić information content (AvgIpc) is 2.46. The lowest BCUT2D eigenvalue weighted by Crippen LogP contribution is -1.93. The molecule has 0 spiro atoms. The maximum Gasteiger partial charge on any atom is 0.168 e. The van der Waals surface area contributed by atoms with E-state index in [-0.39, 0.29) is 0 Å². The van der Waals surface area contributed by atoms with Gasteiger partial charge >= 0.3 is 0 Å². The van der Waals surface area contributed by atoms with Crippen LogP contribution in [-0.4, -0.2) is 25.5 Å². The molecule has 0 unspecified atom stereocenters. The van der Waals surface area contributed by atoms with E-state index < -0.39 is 0 Å². The number of hydrogen-bond donors (Lipinski definition) is 0. The molecule has 0 amide bonds. The molecule has 0 saturated carbocycles. The molecule has 0 atom stereocenters. The third kappa shape index (κ3) is 2.32. The molecule has 0 fully saturated rings. The molecule has 1 aromatic heterocycles. The SMILES string of the molecule is COc1ccc(-c2cccc(C=O)n2)cc1OC. The van der Waals surface area contributed by atoms with Crippen LogP contribution in [-0.2, 0) is 0 Å². The van der Waals surface area contributed by atoms with Crippen LogP contribution in [0, 0.1) is 0 Å². The van der Waals surface area contributed by atoms with E-state index in [4.69, 9.17) is 9.47 Å². The van der Waals surface area contributed by atoms with Crippen LogP contribution in [0.1, 0.15) is 10.5 Å². The Kier molecular flexibility index (Phi) is 3.57. The second kappa shape index (κ2) is 5.31. The van der Waals surface area contributed by atoms with Crippen LogP contribution in [0.15, 0.2) is 36.4 Å². The Morgan fingerprint density at radius 3 is 2.50 bits per heavy atom. The van der Waals surface area contributed by atoms with Crippen molar-refractivity contribution in [3.05, 3.63) is 42.1 Å². The molecule has 4 heteroatoms. The van der Waals surface area contributed by atoms with Gasteiger partial charge < -0.3 is 9.47 Å². The largest absolute Gasteiger partial charge is 0.493 e. The quantitative estimate of drug-likeness (QED) is 0.774. The molecular formula is C14H13NO3. The van der Waals surface area contributed by atoms with Gasteiger partial charge in [0, 0.05) is 5.56 Å². The number of rotatable bonds is 4. The number of ether oxygens (including phenoxy) is 2. The van der Waals surface area contributed by atoms with Crippen LogP contribution in [0.2, 0.25) is 0 Å². The first-order chi connectivity index (χ1) is 8.78. The highest BCUT2D eigenvalue weighted by Gasteiger charge is 2.07. The first-order valence-electron chi connectivity index (χ1n) is 5.43. The summed E-state index contributed by atoms with van der Waals surface area (Å²) in [6, 6.07) is 10.8. The molecule has 1 heterocycles. The van der Waals surface area contributed by atoms with Crippen LogP contribution in [0.4, 0.5) is 0 Å². The van der Waals surface area contributed by atoms with Crippen LogP contribution >= 0.6 is 0 Å². The van der Waals surface area contributed by atoms with E-state index in [2.05, 4.69) is 4.98 Å². The Morgan fingerprint density at radius 2 is 1.83 bits per heavy atom. The van der Waals surface area contributed by atoms with Crippen LogP contribution < -0.4 is 9.47 Å². The number of nitrogens with zero attached hydrogens (tertiary/aromatic N) is 1. The van der Waals surface area contributed by atoms with E-state index in [0.29, 0.717) is 17.2 Å². The zero-order valence-electron chi connectivity index (χ0n) is 10.2. The lowest BCUT2D eigenvalue weighted by atomic mass is 10.1. The van der Waals surface area contributed by atoms with E-state index in [0.717, 1.165) is 17.5 Å². The molecule has 2 rings (SSSR count). The second-order valence-electron chi connectivity index (χ2n) is 3.64. The molecule has 0 N–H and O–H groups in total. The number of carbonyl (C=O) groups excluding carboxylic acids is 1. The Morgan fingerprint density at radius 1 is 1.06 bits per heavy atom. The molecule has 0 aliphatic heterocycles. The van der Waals surface area contributed by atoms with Crippen LogP contribution in [0.5, 0.6) is 11.5 Å². The fraction of sp³-hybridized carbons (Fsp3) is 0.143. The van der Waals surface area contributed by atoms with Crippen molar-refractivity contribution < 1.29 is 14.3 Å². The van der Waals surface area contributed by atoms with E-state index in [1.807, 2.05) is 24.3 Å². The summed E-state index contributed by atoms with van der Waals surface area (Å²) < 4.78 is 10.4. The van der Waals surface area contributed by atoms with Crippen molar-refractivity contribution in [2.45, 2.75) is 0 Å². The number of aromatic nitrogens is 1. The summed E-state index contributed by atoms with van der Waals surface area (Å²) in [6.45, 7) is 0. The van der Waals surface area contributed by atoms with Crippen LogP contribution in [0.3, 0.4) is 0 Å². The van der Waals surface area contributed by atoms with E-state index in [9.17, 15) is 4.79 Å². The monoisotopic (exact) mass is 243 g/mol. The number of aldehydes is 1. The van der Waals surface area contributed by atoms with Gasteiger partial charge in [0.1, 0.15) is 5.69 Å². The summed E-state index contributed by atoms with van der Waals surface area (Å²) in [5, 5.41) is 0. The molecule has 18 heavy (non-hydrogen) atoms. The van der Waals surface area contributed by atoms with Gasteiger partial charge in [-0.15, -0.1) is 0 Å². The average molecular weight is 243 g/mol. The number of pyridine rings is 1. The standard InChI is InChI=1S/C14H13NO3/c1-17-13-7-6-10(8-14(13)18-2)12-5-3-4-11(9-16)15-12/h3-9H,1-2H3. The van der Waals surface area contributed by atoms with Crippen molar-refractivity contribution in [3.8, 4) is 22.8 Å². The number of carbonyl (C=O) groups is 1. The minimum Gasteiger partial charge on any atom is -0.493 e. The van der Waals surface area contributed by atoms with E-state index >= 15 is 0 Å². The highest BCUT2D eigenvalue weighted by molar-refractivity contribution is 5.74. The van der Waals surface area contributed by atoms with Crippen molar-refractivity contribution in [2.24, 2.45) is 0 Å². The highest BCUT2D eigenvalue weighted by atomic mass is 16.5. The van der Waals surface area contributed by atoms with Gasteiger partial charge in [0.05, 0.1) is 19.9 Å². The predicted molar refractivity (Wildman–Crippen MR) is 68.2 cm³/mol. The summed E-state index contributed by atoms with van der Waals surface area (Å²) in [7, 11) is 3.17. The first kappa shape index (κ1) is 12.1. The van der Waals surface area contributed by atoms with Gasteiger partial charge in [0.25, 0.3) is 0 Å². The van der Waals surface area contributed by atoms with Gasteiger partial charge in [0.2, 0.25) is 0 Å². The number of benzene rings is 1. The number of hydrogen-bond acceptors (Lipinski definition) is 4. The molecule has 1 aromatic carbocycles. The summed E-state index contributed by atoms with van der Waals surface area (Å²) in [5.74, 6) is 1.29. The normalized spacial score (nSPS) is 9.89.